The van der Waals surface area contributed by atoms with Crippen LogP contribution in [0.3, 0.4) is 0 Å². The van der Waals surface area contributed by atoms with Crippen LogP contribution < -0.4 is 16.0 Å². The lowest BCUT2D eigenvalue weighted by molar-refractivity contribution is 0.0428. The lowest BCUT2D eigenvalue weighted by atomic mass is 9.87. The average molecular weight is 267 g/mol. The summed E-state index contributed by atoms with van der Waals surface area (Å²) in [6, 6.07) is 0.473. The van der Waals surface area contributed by atoms with Crippen molar-refractivity contribution in [1.82, 2.24) is 16.0 Å². The first-order valence-corrected chi connectivity index (χ1v) is 7.50. The molecule has 4 heteroatoms. The summed E-state index contributed by atoms with van der Waals surface area (Å²) in [5.74, 6) is 0.590. The van der Waals surface area contributed by atoms with E-state index in [0.29, 0.717) is 12.0 Å². The molecule has 0 saturated heterocycles. The number of hydrogen-bond acceptors (Lipinski definition) is 4. The first-order valence-electron chi connectivity index (χ1n) is 7.50. The Bertz CT molecular complexity index is 325. The topological polar surface area (TPSA) is 45.3 Å². The Morgan fingerprint density at radius 3 is 2.58 bits per heavy atom. The molecular weight excluding hydrogens is 238 g/mol. The van der Waals surface area contributed by atoms with Gasteiger partial charge < -0.3 is 20.7 Å². The average Bonchev–Trinajstić information content (AvgIpc) is 2.77. The van der Waals surface area contributed by atoms with Crippen molar-refractivity contribution in [1.29, 1.82) is 0 Å². The monoisotopic (exact) mass is 267 g/mol. The minimum Gasteiger partial charge on any atom is -0.374 e. The summed E-state index contributed by atoms with van der Waals surface area (Å²) in [4.78, 5) is 0. The first-order chi connectivity index (χ1) is 9.16. The normalized spacial score (nSPS) is 34.3. The summed E-state index contributed by atoms with van der Waals surface area (Å²) < 4.78 is 5.91. The van der Waals surface area contributed by atoms with E-state index in [2.05, 4.69) is 50.1 Å². The predicted molar refractivity (Wildman–Crippen MR) is 79.2 cm³/mol. The second-order valence-corrected chi connectivity index (χ2v) is 5.89. The summed E-state index contributed by atoms with van der Waals surface area (Å²) in [6.07, 6.45) is 7.22. The smallest absolute Gasteiger partial charge is 0.0869 e. The van der Waals surface area contributed by atoms with Crippen LogP contribution in [0.4, 0.5) is 0 Å². The maximum Gasteiger partial charge on any atom is 0.0869 e. The van der Waals surface area contributed by atoms with Crippen molar-refractivity contribution in [2.75, 3.05) is 27.7 Å². The standard InChI is InChI=1S/C15H29N3O/c1-11-7-8-19-13(9-11)10-12-5-6-14(16-2)15(12,17-3)18-4/h9,12-14,16-18H,5-8,10H2,1-4H3. The second kappa shape index (κ2) is 6.35. The Hall–Kier alpha value is -0.420. The van der Waals surface area contributed by atoms with Crippen LogP contribution in [0.15, 0.2) is 11.6 Å². The third-order valence-corrected chi connectivity index (χ3v) is 4.99. The van der Waals surface area contributed by atoms with Gasteiger partial charge in [0.1, 0.15) is 0 Å². The largest absolute Gasteiger partial charge is 0.374 e. The summed E-state index contributed by atoms with van der Waals surface area (Å²) in [6.45, 7) is 3.09. The molecule has 3 N–H and O–H groups in total. The molecule has 3 unspecified atom stereocenters. The molecule has 1 fully saturated rings. The fourth-order valence-corrected chi connectivity index (χ4v) is 3.90. The summed E-state index contributed by atoms with van der Waals surface area (Å²) in [5.41, 5.74) is 1.45. The zero-order valence-electron chi connectivity index (χ0n) is 12.8. The summed E-state index contributed by atoms with van der Waals surface area (Å²) in [5, 5.41) is 10.5. The van der Waals surface area contributed by atoms with Crippen molar-refractivity contribution in [2.45, 2.75) is 50.4 Å². The molecule has 2 aliphatic rings. The van der Waals surface area contributed by atoms with Gasteiger partial charge in [0, 0.05) is 6.04 Å². The molecular formula is C15H29N3O. The quantitative estimate of drug-likeness (QED) is 0.518. The van der Waals surface area contributed by atoms with Crippen molar-refractivity contribution in [3.8, 4) is 0 Å². The van der Waals surface area contributed by atoms with Crippen LogP contribution in [0.5, 0.6) is 0 Å². The lowest BCUT2D eigenvalue weighted by Gasteiger charge is -2.41. The molecule has 110 valence electrons. The van der Waals surface area contributed by atoms with Gasteiger partial charge >= 0.3 is 0 Å². The highest BCUT2D eigenvalue weighted by molar-refractivity contribution is 5.10. The number of rotatable bonds is 5. The van der Waals surface area contributed by atoms with E-state index in [1.807, 2.05) is 0 Å². The Labute approximate surface area is 117 Å². The van der Waals surface area contributed by atoms with E-state index in [1.165, 1.54) is 18.4 Å². The van der Waals surface area contributed by atoms with Crippen molar-refractivity contribution in [3.63, 3.8) is 0 Å². The molecule has 0 aromatic heterocycles. The molecule has 1 aliphatic carbocycles. The maximum absolute atomic E-state index is 5.91. The molecule has 0 aromatic carbocycles. The number of nitrogens with one attached hydrogen (secondary N) is 3. The zero-order valence-corrected chi connectivity index (χ0v) is 12.8. The van der Waals surface area contributed by atoms with Gasteiger partial charge in [-0.1, -0.05) is 11.6 Å². The molecule has 0 spiro atoms. The Kier molecular flexibility index (Phi) is 5.01. The Morgan fingerprint density at radius 1 is 1.26 bits per heavy atom. The minimum absolute atomic E-state index is 0.0166. The molecule has 0 aromatic rings. The van der Waals surface area contributed by atoms with Crippen LogP contribution in [0.25, 0.3) is 0 Å². The maximum atomic E-state index is 5.91. The molecule has 0 radical (unpaired) electrons. The Balaban J connectivity index is 2.08. The van der Waals surface area contributed by atoms with Crippen LogP contribution in [0, 0.1) is 5.92 Å². The molecule has 3 atom stereocenters. The Morgan fingerprint density at radius 2 is 2.00 bits per heavy atom. The third kappa shape index (κ3) is 2.87. The van der Waals surface area contributed by atoms with Gasteiger partial charge in [0.05, 0.1) is 18.4 Å². The van der Waals surface area contributed by atoms with E-state index in [4.69, 9.17) is 4.74 Å². The minimum atomic E-state index is -0.0166. The SMILES string of the molecule is CNC1CCC(CC2C=C(C)CCO2)C1(NC)NC. The van der Waals surface area contributed by atoms with Crippen LogP contribution in [-0.4, -0.2) is 45.6 Å². The van der Waals surface area contributed by atoms with Crippen LogP contribution in [0.2, 0.25) is 0 Å². The highest BCUT2D eigenvalue weighted by Gasteiger charge is 2.48. The van der Waals surface area contributed by atoms with E-state index in [0.717, 1.165) is 19.4 Å². The van der Waals surface area contributed by atoms with Crippen molar-refractivity contribution in [3.05, 3.63) is 11.6 Å². The highest BCUT2D eigenvalue weighted by Crippen LogP contribution is 2.37. The molecule has 0 amide bonds. The molecule has 1 saturated carbocycles. The lowest BCUT2D eigenvalue weighted by Crippen LogP contribution is -2.66. The van der Waals surface area contributed by atoms with Crippen molar-refractivity contribution in [2.24, 2.45) is 5.92 Å². The van der Waals surface area contributed by atoms with E-state index < -0.39 is 0 Å². The number of hydrogen-bond donors (Lipinski definition) is 3. The van der Waals surface area contributed by atoms with Gasteiger partial charge in [0.2, 0.25) is 0 Å². The van der Waals surface area contributed by atoms with E-state index in [9.17, 15) is 0 Å². The van der Waals surface area contributed by atoms with Gasteiger partial charge in [0.15, 0.2) is 0 Å². The molecule has 2 rings (SSSR count). The van der Waals surface area contributed by atoms with E-state index >= 15 is 0 Å². The van der Waals surface area contributed by atoms with Crippen molar-refractivity contribution >= 4 is 0 Å². The molecule has 1 heterocycles. The van der Waals surface area contributed by atoms with Crippen LogP contribution in [-0.2, 0) is 4.74 Å². The third-order valence-electron chi connectivity index (χ3n) is 4.99. The van der Waals surface area contributed by atoms with E-state index in [-0.39, 0.29) is 11.8 Å². The van der Waals surface area contributed by atoms with Gasteiger partial charge in [-0.25, -0.2) is 0 Å². The van der Waals surface area contributed by atoms with Crippen molar-refractivity contribution < 1.29 is 4.74 Å². The molecule has 0 bridgehead atoms. The second-order valence-electron chi connectivity index (χ2n) is 5.89. The van der Waals surface area contributed by atoms with Gasteiger partial charge in [0.25, 0.3) is 0 Å². The van der Waals surface area contributed by atoms with E-state index in [1.54, 1.807) is 0 Å². The van der Waals surface area contributed by atoms with Gasteiger partial charge in [-0.3, -0.25) is 0 Å². The van der Waals surface area contributed by atoms with Gasteiger partial charge in [-0.05, 0) is 59.7 Å². The molecule has 4 nitrogen and oxygen atoms in total. The number of ether oxygens (including phenoxy) is 1. The fourth-order valence-electron chi connectivity index (χ4n) is 3.90. The number of likely N-dealkylation sites (N-methyl/N-ethyl adjacent to an activating group) is 3. The first kappa shape index (κ1) is 15.0. The van der Waals surface area contributed by atoms with Gasteiger partial charge in [-0.15, -0.1) is 0 Å². The predicted octanol–water partition coefficient (Wildman–Crippen LogP) is 1.24. The fraction of sp³-hybridized carbons (Fsp3) is 0.867. The van der Waals surface area contributed by atoms with Crippen LogP contribution in [0.1, 0.15) is 32.6 Å². The molecule has 1 aliphatic heterocycles. The summed E-state index contributed by atoms with van der Waals surface area (Å²) >= 11 is 0. The molecule has 19 heavy (non-hydrogen) atoms. The summed E-state index contributed by atoms with van der Waals surface area (Å²) in [7, 11) is 6.17. The highest BCUT2D eigenvalue weighted by atomic mass is 16.5. The zero-order chi connectivity index (χ0) is 13.9. The van der Waals surface area contributed by atoms with Crippen LogP contribution >= 0.6 is 0 Å². The van der Waals surface area contributed by atoms with Gasteiger partial charge in [-0.2, -0.15) is 0 Å².